The molecule has 0 saturated heterocycles. The second-order valence-electron chi connectivity index (χ2n) is 3.69. The number of rotatable bonds is 6. The summed E-state index contributed by atoms with van der Waals surface area (Å²) >= 11 is 0. The van der Waals surface area contributed by atoms with Gasteiger partial charge in [0, 0.05) is 6.42 Å². The van der Waals surface area contributed by atoms with Gasteiger partial charge in [0.15, 0.2) is 5.78 Å². The van der Waals surface area contributed by atoms with Crippen molar-refractivity contribution in [3.8, 4) is 0 Å². The molecule has 0 N–H and O–H groups in total. The van der Waals surface area contributed by atoms with Crippen LogP contribution in [-0.4, -0.2) is 25.4 Å². The summed E-state index contributed by atoms with van der Waals surface area (Å²) in [6.45, 7) is 0.306. The quantitative estimate of drug-likeness (QED) is 0.448. The zero-order valence-corrected chi connectivity index (χ0v) is 9.68. The van der Waals surface area contributed by atoms with Crippen molar-refractivity contribution < 1.29 is 27.1 Å². The van der Waals surface area contributed by atoms with Gasteiger partial charge in [0.25, 0.3) is 6.43 Å². The molecular weight excluding hydrogens is 252 g/mol. The molecule has 0 atom stereocenters. The summed E-state index contributed by atoms with van der Waals surface area (Å²) in [6, 6.07) is 2.21. The molecule has 0 unspecified atom stereocenters. The van der Waals surface area contributed by atoms with E-state index in [0.717, 1.165) is 6.07 Å². The van der Waals surface area contributed by atoms with Crippen LogP contribution in [0.4, 0.5) is 17.6 Å². The maximum Gasteiger partial charge on any atom is 0.261 e. The Morgan fingerprint density at radius 2 is 2.00 bits per heavy atom. The number of ketones is 1. The van der Waals surface area contributed by atoms with E-state index in [1.165, 1.54) is 13.0 Å². The number of carbonyl (C=O) groups is 1. The highest BCUT2D eigenvalue weighted by molar-refractivity contribution is 5.96. The molecular formula is C12H12F4O2. The van der Waals surface area contributed by atoms with Crippen molar-refractivity contribution in [2.24, 2.45) is 0 Å². The van der Waals surface area contributed by atoms with Gasteiger partial charge in [0.2, 0.25) is 0 Å². The summed E-state index contributed by atoms with van der Waals surface area (Å²) in [7, 11) is 0. The fourth-order valence-corrected chi connectivity index (χ4v) is 1.37. The number of benzene rings is 1. The van der Waals surface area contributed by atoms with Crippen LogP contribution in [0.25, 0.3) is 0 Å². The molecule has 0 aliphatic rings. The Bertz CT molecular complexity index is 432. The second-order valence-corrected chi connectivity index (χ2v) is 3.69. The van der Waals surface area contributed by atoms with Crippen molar-refractivity contribution in [3.63, 3.8) is 0 Å². The van der Waals surface area contributed by atoms with Crippen molar-refractivity contribution in [2.75, 3.05) is 13.2 Å². The van der Waals surface area contributed by atoms with E-state index in [0.29, 0.717) is 0 Å². The highest BCUT2D eigenvalue weighted by atomic mass is 19.3. The first-order valence-electron chi connectivity index (χ1n) is 5.27. The Morgan fingerprint density at radius 1 is 1.33 bits per heavy atom. The smallest absolute Gasteiger partial charge is 0.261 e. The minimum absolute atomic E-state index is 0.147. The third-order valence-electron chi connectivity index (χ3n) is 2.28. The monoisotopic (exact) mass is 264 g/mol. The van der Waals surface area contributed by atoms with Crippen LogP contribution in [0.1, 0.15) is 22.3 Å². The summed E-state index contributed by atoms with van der Waals surface area (Å²) in [5.74, 6) is -2.69. The SMILES string of the molecule is Cc1ccc(F)c(C(=O)CCOCC(F)F)c1F. The van der Waals surface area contributed by atoms with Crippen molar-refractivity contribution in [1.29, 1.82) is 0 Å². The Balaban J connectivity index is 2.65. The van der Waals surface area contributed by atoms with E-state index < -0.39 is 36.0 Å². The molecule has 1 rings (SSSR count). The number of halogens is 4. The Morgan fingerprint density at radius 3 is 2.61 bits per heavy atom. The number of aryl methyl sites for hydroxylation is 1. The van der Waals surface area contributed by atoms with Crippen molar-refractivity contribution in [2.45, 2.75) is 19.8 Å². The van der Waals surface area contributed by atoms with Gasteiger partial charge in [-0.25, -0.2) is 17.6 Å². The van der Waals surface area contributed by atoms with Crippen LogP contribution < -0.4 is 0 Å². The Labute approximate surface area is 102 Å². The lowest BCUT2D eigenvalue weighted by atomic mass is 10.0. The van der Waals surface area contributed by atoms with Crippen molar-refractivity contribution in [1.82, 2.24) is 0 Å². The van der Waals surface area contributed by atoms with Crippen LogP contribution in [0.3, 0.4) is 0 Å². The first-order chi connectivity index (χ1) is 8.43. The molecule has 0 radical (unpaired) electrons. The van der Waals surface area contributed by atoms with Gasteiger partial charge in [0.05, 0.1) is 12.2 Å². The zero-order chi connectivity index (χ0) is 13.7. The molecule has 1 aromatic rings. The van der Waals surface area contributed by atoms with E-state index in [1.54, 1.807) is 0 Å². The van der Waals surface area contributed by atoms with Gasteiger partial charge < -0.3 is 4.74 Å². The summed E-state index contributed by atoms with van der Waals surface area (Å²) in [5, 5.41) is 0. The fourth-order valence-electron chi connectivity index (χ4n) is 1.37. The lowest BCUT2D eigenvalue weighted by Gasteiger charge is -2.07. The molecule has 0 aliphatic carbocycles. The highest BCUT2D eigenvalue weighted by Gasteiger charge is 2.18. The number of ether oxygens (including phenoxy) is 1. The highest BCUT2D eigenvalue weighted by Crippen LogP contribution is 2.18. The maximum atomic E-state index is 13.5. The molecule has 6 heteroatoms. The molecule has 1 aromatic carbocycles. The molecule has 0 spiro atoms. The molecule has 0 heterocycles. The predicted octanol–water partition coefficient (Wildman–Crippen LogP) is 3.13. The summed E-state index contributed by atoms with van der Waals surface area (Å²) in [4.78, 5) is 11.5. The Kier molecular flexibility index (Phi) is 5.27. The molecule has 0 aliphatic heterocycles. The van der Waals surface area contributed by atoms with Crippen LogP contribution in [0.2, 0.25) is 0 Å². The molecule has 0 aromatic heterocycles. The molecule has 2 nitrogen and oxygen atoms in total. The lowest BCUT2D eigenvalue weighted by Crippen LogP contribution is -2.12. The molecule has 0 amide bonds. The third kappa shape index (κ3) is 3.80. The largest absolute Gasteiger partial charge is 0.375 e. The summed E-state index contributed by atoms with van der Waals surface area (Å²) in [6.07, 6.45) is -2.98. The topological polar surface area (TPSA) is 26.3 Å². The second kappa shape index (κ2) is 6.49. The van der Waals surface area contributed by atoms with E-state index in [1.807, 2.05) is 0 Å². The van der Waals surface area contributed by atoms with Crippen LogP contribution in [0.5, 0.6) is 0 Å². The van der Waals surface area contributed by atoms with Gasteiger partial charge >= 0.3 is 0 Å². The van der Waals surface area contributed by atoms with Gasteiger partial charge in [-0.3, -0.25) is 4.79 Å². The number of alkyl halides is 2. The minimum atomic E-state index is -2.63. The van der Waals surface area contributed by atoms with Gasteiger partial charge in [-0.15, -0.1) is 0 Å². The van der Waals surface area contributed by atoms with Crippen molar-refractivity contribution in [3.05, 3.63) is 34.9 Å². The van der Waals surface area contributed by atoms with Crippen LogP contribution in [0.15, 0.2) is 12.1 Å². The average Bonchev–Trinajstić information content (AvgIpc) is 2.30. The first-order valence-corrected chi connectivity index (χ1v) is 5.27. The van der Waals surface area contributed by atoms with Gasteiger partial charge in [-0.1, -0.05) is 6.07 Å². The molecule has 0 bridgehead atoms. The third-order valence-corrected chi connectivity index (χ3v) is 2.28. The fraction of sp³-hybridized carbons (Fsp3) is 0.417. The van der Waals surface area contributed by atoms with Gasteiger partial charge in [-0.05, 0) is 18.6 Å². The normalized spacial score (nSPS) is 11.0. The number of carbonyl (C=O) groups excluding carboxylic acids is 1. The standard InChI is InChI=1S/C12H12F4O2/c1-7-2-3-8(13)11(12(7)16)9(17)4-5-18-6-10(14)15/h2-3,10H,4-6H2,1H3. The number of hydrogen-bond acceptors (Lipinski definition) is 2. The van der Waals surface area contributed by atoms with Crippen LogP contribution in [-0.2, 0) is 4.74 Å². The number of hydrogen-bond donors (Lipinski definition) is 0. The van der Waals surface area contributed by atoms with Crippen LogP contribution >= 0.6 is 0 Å². The molecule has 100 valence electrons. The van der Waals surface area contributed by atoms with E-state index in [4.69, 9.17) is 0 Å². The van der Waals surface area contributed by atoms with Gasteiger partial charge in [-0.2, -0.15) is 0 Å². The molecule has 0 saturated carbocycles. The van der Waals surface area contributed by atoms with E-state index in [-0.39, 0.29) is 18.6 Å². The van der Waals surface area contributed by atoms with Crippen LogP contribution in [0, 0.1) is 18.6 Å². The van der Waals surface area contributed by atoms with E-state index in [2.05, 4.69) is 4.74 Å². The number of Topliss-reactive ketones (excluding diaryl/α,β-unsaturated/α-hetero) is 1. The van der Waals surface area contributed by atoms with E-state index >= 15 is 0 Å². The molecule has 0 fully saturated rings. The van der Waals surface area contributed by atoms with E-state index in [9.17, 15) is 22.4 Å². The average molecular weight is 264 g/mol. The minimum Gasteiger partial charge on any atom is -0.375 e. The summed E-state index contributed by atoms with van der Waals surface area (Å²) in [5.41, 5.74) is -0.496. The molecule has 18 heavy (non-hydrogen) atoms. The maximum absolute atomic E-state index is 13.5. The lowest BCUT2D eigenvalue weighted by molar-refractivity contribution is 0.0169. The van der Waals surface area contributed by atoms with Gasteiger partial charge in [0.1, 0.15) is 18.2 Å². The predicted molar refractivity (Wildman–Crippen MR) is 56.9 cm³/mol. The first kappa shape index (κ1) is 14.6. The summed E-state index contributed by atoms with van der Waals surface area (Å²) < 4.78 is 54.8. The van der Waals surface area contributed by atoms with Crippen molar-refractivity contribution >= 4 is 5.78 Å². The Hall–Kier alpha value is -1.43. The zero-order valence-electron chi connectivity index (χ0n) is 9.68.